The van der Waals surface area contributed by atoms with Gasteiger partial charge in [0.2, 0.25) is 5.91 Å². The monoisotopic (exact) mass is 356 g/mol. The second kappa shape index (κ2) is 5.63. The van der Waals surface area contributed by atoms with Gasteiger partial charge in [0.25, 0.3) is 0 Å². The number of hydrogen-bond donors (Lipinski definition) is 1. The summed E-state index contributed by atoms with van der Waals surface area (Å²) in [5, 5.41) is 2.92. The number of benzene rings is 2. The average molecular weight is 357 g/mol. The van der Waals surface area contributed by atoms with Gasteiger partial charge < -0.3 is 0 Å². The number of nitrogens with one attached hydrogen (secondary N) is 1. The molecule has 3 rings (SSSR count). The van der Waals surface area contributed by atoms with Crippen LogP contribution in [0.2, 0.25) is 5.02 Å². The summed E-state index contributed by atoms with van der Waals surface area (Å²) in [4.78, 5) is 11.9. The van der Waals surface area contributed by atoms with Crippen LogP contribution in [0.3, 0.4) is 0 Å². The summed E-state index contributed by atoms with van der Waals surface area (Å²) in [5.74, 6) is -0.413. The molecule has 1 aliphatic heterocycles. The van der Waals surface area contributed by atoms with E-state index in [1.165, 1.54) is 12.1 Å². The van der Waals surface area contributed by atoms with E-state index in [0.29, 0.717) is 10.4 Å². The fraction of sp³-hybridized carbons (Fsp3) is 0.353. The molecule has 1 heterocycles. The SMILES string of the molecule is CC1(C)CN([C@@H](c2ccc3cc(Cl)ccc3c2)C(F)(F)F)NC1=O. The van der Waals surface area contributed by atoms with Gasteiger partial charge in [-0.25, -0.2) is 5.01 Å². The Morgan fingerprint density at radius 2 is 1.79 bits per heavy atom. The molecule has 0 radical (unpaired) electrons. The second-order valence-electron chi connectivity index (χ2n) is 6.65. The second-order valence-corrected chi connectivity index (χ2v) is 7.08. The predicted octanol–water partition coefficient (Wildman–Crippen LogP) is 4.47. The van der Waals surface area contributed by atoms with Gasteiger partial charge in [-0.1, -0.05) is 29.8 Å². The zero-order chi connectivity index (χ0) is 17.7. The van der Waals surface area contributed by atoms with Crippen LogP contribution in [0, 0.1) is 5.41 Å². The van der Waals surface area contributed by atoms with E-state index in [1.54, 1.807) is 38.1 Å². The lowest BCUT2D eigenvalue weighted by molar-refractivity contribution is -0.191. The highest BCUT2D eigenvalue weighted by molar-refractivity contribution is 6.31. The molecule has 24 heavy (non-hydrogen) atoms. The molecule has 128 valence electrons. The first-order chi connectivity index (χ1) is 11.1. The van der Waals surface area contributed by atoms with Crippen molar-refractivity contribution in [3.8, 4) is 0 Å². The third-order valence-electron chi connectivity index (χ3n) is 4.19. The number of amides is 1. The van der Waals surface area contributed by atoms with Gasteiger partial charge in [0, 0.05) is 11.6 Å². The lowest BCUT2D eigenvalue weighted by Gasteiger charge is -2.30. The van der Waals surface area contributed by atoms with Gasteiger partial charge in [-0.05, 0) is 48.4 Å². The number of carbonyl (C=O) groups is 1. The van der Waals surface area contributed by atoms with Gasteiger partial charge >= 0.3 is 6.18 Å². The van der Waals surface area contributed by atoms with Crippen molar-refractivity contribution in [1.82, 2.24) is 10.4 Å². The summed E-state index contributed by atoms with van der Waals surface area (Å²) in [6, 6.07) is 7.64. The highest BCUT2D eigenvalue weighted by Crippen LogP contribution is 2.41. The zero-order valence-corrected chi connectivity index (χ0v) is 13.9. The van der Waals surface area contributed by atoms with Gasteiger partial charge in [0.05, 0.1) is 5.41 Å². The van der Waals surface area contributed by atoms with Crippen molar-refractivity contribution in [3.05, 3.63) is 47.0 Å². The Hall–Kier alpha value is -1.79. The van der Waals surface area contributed by atoms with E-state index in [4.69, 9.17) is 11.6 Å². The number of hydrogen-bond acceptors (Lipinski definition) is 2. The van der Waals surface area contributed by atoms with Crippen LogP contribution in [0.4, 0.5) is 13.2 Å². The van der Waals surface area contributed by atoms with E-state index in [-0.39, 0.29) is 12.1 Å². The normalized spacial score (nSPS) is 19.5. The maximum Gasteiger partial charge on any atom is 0.409 e. The van der Waals surface area contributed by atoms with Crippen LogP contribution < -0.4 is 5.43 Å². The molecule has 2 aromatic carbocycles. The van der Waals surface area contributed by atoms with Gasteiger partial charge in [-0.3, -0.25) is 10.2 Å². The Morgan fingerprint density at radius 1 is 1.17 bits per heavy atom. The number of halogens is 4. The predicted molar refractivity (Wildman–Crippen MR) is 86.4 cm³/mol. The number of rotatable bonds is 2. The Labute approximate surface area is 142 Å². The van der Waals surface area contributed by atoms with Crippen molar-refractivity contribution in [1.29, 1.82) is 0 Å². The molecule has 1 aliphatic rings. The van der Waals surface area contributed by atoms with E-state index in [2.05, 4.69) is 5.43 Å². The van der Waals surface area contributed by atoms with Crippen LogP contribution in [0.1, 0.15) is 25.5 Å². The molecule has 0 bridgehead atoms. The van der Waals surface area contributed by atoms with Gasteiger partial charge in [0.15, 0.2) is 0 Å². The fourth-order valence-corrected chi connectivity index (χ4v) is 3.11. The van der Waals surface area contributed by atoms with Crippen molar-refractivity contribution in [2.75, 3.05) is 6.54 Å². The van der Waals surface area contributed by atoms with Crippen LogP contribution in [0.15, 0.2) is 36.4 Å². The number of nitrogens with zero attached hydrogens (tertiary/aromatic N) is 1. The quantitative estimate of drug-likeness (QED) is 0.861. The number of hydrazine groups is 1. The Balaban J connectivity index is 2.04. The summed E-state index contributed by atoms with van der Waals surface area (Å²) in [6.45, 7) is 3.23. The summed E-state index contributed by atoms with van der Waals surface area (Å²) in [6.07, 6.45) is -4.52. The summed E-state index contributed by atoms with van der Waals surface area (Å²) < 4.78 is 41.1. The molecule has 1 atom stereocenters. The number of alkyl halides is 3. The van der Waals surface area contributed by atoms with E-state index in [9.17, 15) is 18.0 Å². The summed E-state index contributed by atoms with van der Waals surface area (Å²) >= 11 is 5.91. The van der Waals surface area contributed by atoms with Crippen molar-refractivity contribution < 1.29 is 18.0 Å². The largest absolute Gasteiger partial charge is 0.409 e. The Morgan fingerprint density at radius 3 is 2.38 bits per heavy atom. The Kier molecular flexibility index (Phi) is 4.00. The first-order valence-corrected chi connectivity index (χ1v) is 7.79. The highest BCUT2D eigenvalue weighted by atomic mass is 35.5. The molecule has 1 N–H and O–H groups in total. The Bertz CT molecular complexity index is 804. The molecule has 3 nitrogen and oxygen atoms in total. The van der Waals surface area contributed by atoms with Crippen LogP contribution in [-0.2, 0) is 4.79 Å². The average Bonchev–Trinajstić information content (AvgIpc) is 2.71. The first-order valence-electron chi connectivity index (χ1n) is 7.42. The molecule has 2 aromatic rings. The summed E-state index contributed by atoms with van der Waals surface area (Å²) in [5.41, 5.74) is 1.57. The minimum absolute atomic E-state index is 0.0192. The van der Waals surface area contributed by atoms with Crippen LogP contribution >= 0.6 is 11.6 Å². The maximum absolute atomic E-state index is 13.7. The molecule has 0 unspecified atom stereocenters. The topological polar surface area (TPSA) is 32.3 Å². The third-order valence-corrected chi connectivity index (χ3v) is 4.42. The van der Waals surface area contributed by atoms with Crippen LogP contribution in [-0.4, -0.2) is 23.6 Å². The number of carbonyl (C=O) groups excluding carboxylic acids is 1. The molecule has 0 spiro atoms. The molecule has 1 fully saturated rings. The number of fused-ring (bicyclic) bond motifs is 1. The van der Waals surface area contributed by atoms with E-state index in [0.717, 1.165) is 10.4 Å². The highest BCUT2D eigenvalue weighted by Gasteiger charge is 2.51. The van der Waals surface area contributed by atoms with Crippen molar-refractivity contribution in [3.63, 3.8) is 0 Å². The molecule has 0 saturated carbocycles. The lowest BCUT2D eigenvalue weighted by Crippen LogP contribution is -2.43. The van der Waals surface area contributed by atoms with E-state index in [1.807, 2.05) is 0 Å². The van der Waals surface area contributed by atoms with Crippen LogP contribution in [0.5, 0.6) is 0 Å². The third kappa shape index (κ3) is 3.08. The molecule has 0 aliphatic carbocycles. The molecule has 0 aromatic heterocycles. The molecular weight excluding hydrogens is 341 g/mol. The fourth-order valence-electron chi connectivity index (χ4n) is 2.93. The maximum atomic E-state index is 13.7. The van der Waals surface area contributed by atoms with Crippen LogP contribution in [0.25, 0.3) is 10.8 Å². The van der Waals surface area contributed by atoms with Gasteiger partial charge in [-0.15, -0.1) is 0 Å². The summed E-state index contributed by atoms with van der Waals surface area (Å²) in [7, 11) is 0. The molecule has 1 amide bonds. The molecular formula is C17H16ClF3N2O. The van der Waals surface area contributed by atoms with Crippen molar-refractivity contribution in [2.24, 2.45) is 5.41 Å². The smallest absolute Gasteiger partial charge is 0.287 e. The van der Waals surface area contributed by atoms with E-state index < -0.39 is 23.5 Å². The van der Waals surface area contributed by atoms with E-state index >= 15 is 0 Å². The van der Waals surface area contributed by atoms with Gasteiger partial charge in [-0.2, -0.15) is 13.2 Å². The molecule has 7 heteroatoms. The molecule has 1 saturated heterocycles. The first kappa shape index (κ1) is 17.0. The van der Waals surface area contributed by atoms with Crippen molar-refractivity contribution in [2.45, 2.75) is 26.1 Å². The minimum atomic E-state index is -4.52. The van der Waals surface area contributed by atoms with Gasteiger partial charge in [0.1, 0.15) is 6.04 Å². The van der Waals surface area contributed by atoms with Crippen molar-refractivity contribution >= 4 is 28.3 Å². The standard InChI is InChI=1S/C17H16ClF3N2O/c1-16(2)9-23(22-15(16)24)14(17(19,20)21)12-4-3-11-8-13(18)6-5-10(11)7-12/h3-8,14H,9H2,1-2H3,(H,22,24)/t14-/m0/s1. The zero-order valence-electron chi connectivity index (χ0n) is 13.1. The minimum Gasteiger partial charge on any atom is -0.287 e. The lowest BCUT2D eigenvalue weighted by atomic mass is 9.93.